The van der Waals surface area contributed by atoms with Crippen molar-refractivity contribution in [3.63, 3.8) is 0 Å². The summed E-state index contributed by atoms with van der Waals surface area (Å²) in [5, 5.41) is 1.06. The van der Waals surface area contributed by atoms with Crippen molar-refractivity contribution in [3.8, 4) is 0 Å². The summed E-state index contributed by atoms with van der Waals surface area (Å²) in [5.74, 6) is 0. The molecule has 0 atom stereocenters. The van der Waals surface area contributed by atoms with Gasteiger partial charge in [0.05, 0.1) is 15.7 Å². The molecule has 0 radical (unpaired) electrons. The van der Waals surface area contributed by atoms with Crippen LogP contribution in [0.15, 0.2) is 66.5 Å². The van der Waals surface area contributed by atoms with Crippen LogP contribution in [0.1, 0.15) is 25.1 Å². The van der Waals surface area contributed by atoms with E-state index in [4.69, 9.17) is 23.2 Å². The molecule has 1 aromatic heterocycles. The Kier molecular flexibility index (Phi) is 4.79. The fourth-order valence-electron chi connectivity index (χ4n) is 2.89. The maximum absolute atomic E-state index is 6.46. The van der Waals surface area contributed by atoms with E-state index in [9.17, 15) is 0 Å². The lowest BCUT2D eigenvalue weighted by Crippen LogP contribution is -2.25. The molecule has 0 saturated heterocycles. The van der Waals surface area contributed by atoms with Gasteiger partial charge in [-0.05, 0) is 37.1 Å². The summed E-state index contributed by atoms with van der Waals surface area (Å²) in [4.78, 5) is 6.65. The second-order valence-electron chi connectivity index (χ2n) is 5.63. The molecule has 1 aliphatic rings. The average Bonchev–Trinajstić information content (AvgIpc) is 2.58. The first-order chi connectivity index (χ1) is 11.5. The van der Waals surface area contributed by atoms with Crippen molar-refractivity contribution in [3.05, 3.63) is 87.8 Å². The standard InChI is InChI=1S/C20H18Cl2N2/c1-4-24-14(3)13(2)10-17(15-8-6-5-7-9-15)20(24)19-18(22)11-16(21)12-23-19/h5-12H,3-4H2,1-2H3. The second kappa shape index (κ2) is 6.84. The van der Waals surface area contributed by atoms with E-state index < -0.39 is 0 Å². The molecule has 1 aromatic carbocycles. The van der Waals surface area contributed by atoms with Crippen LogP contribution < -0.4 is 0 Å². The molecule has 2 nitrogen and oxygen atoms in total. The van der Waals surface area contributed by atoms with E-state index in [0.717, 1.165) is 34.6 Å². The molecular weight excluding hydrogens is 339 g/mol. The summed E-state index contributed by atoms with van der Waals surface area (Å²) in [6.45, 7) is 9.16. The first-order valence-corrected chi connectivity index (χ1v) is 8.54. The SMILES string of the molecule is C=C1C(C)=CC(c2ccccc2)=C(c2ncc(Cl)cc2Cl)N1CC. The highest BCUT2D eigenvalue weighted by molar-refractivity contribution is 6.35. The molecule has 1 aliphatic heterocycles. The minimum atomic E-state index is 0.523. The predicted octanol–water partition coefficient (Wildman–Crippen LogP) is 6.05. The monoisotopic (exact) mass is 356 g/mol. The number of nitrogens with zero attached hydrogens (tertiary/aromatic N) is 2. The van der Waals surface area contributed by atoms with Crippen LogP contribution in [0, 0.1) is 0 Å². The molecule has 2 aromatic rings. The summed E-state index contributed by atoms with van der Waals surface area (Å²) in [7, 11) is 0. The third-order valence-corrected chi connectivity index (χ3v) is 4.59. The zero-order chi connectivity index (χ0) is 17.3. The van der Waals surface area contributed by atoms with Crippen LogP contribution in [0.3, 0.4) is 0 Å². The summed E-state index contributed by atoms with van der Waals surface area (Å²) in [5.41, 5.74) is 5.96. The highest BCUT2D eigenvalue weighted by Gasteiger charge is 2.26. The molecule has 4 heteroatoms. The van der Waals surface area contributed by atoms with E-state index in [-0.39, 0.29) is 0 Å². The molecule has 24 heavy (non-hydrogen) atoms. The molecule has 2 heterocycles. The molecule has 0 amide bonds. The lowest BCUT2D eigenvalue weighted by atomic mass is 9.94. The van der Waals surface area contributed by atoms with Crippen molar-refractivity contribution in [2.45, 2.75) is 13.8 Å². The number of rotatable bonds is 3. The Morgan fingerprint density at radius 3 is 2.50 bits per heavy atom. The fraction of sp³-hybridized carbons (Fsp3) is 0.150. The number of halogens is 2. The van der Waals surface area contributed by atoms with Crippen LogP contribution in [-0.4, -0.2) is 16.4 Å². The van der Waals surface area contributed by atoms with Gasteiger partial charge in [-0.2, -0.15) is 0 Å². The molecule has 0 aliphatic carbocycles. The molecule has 0 N–H and O–H groups in total. The molecule has 3 rings (SSSR count). The number of pyridine rings is 1. The number of hydrogen-bond donors (Lipinski definition) is 0. The van der Waals surface area contributed by atoms with Gasteiger partial charge in [0.25, 0.3) is 0 Å². The molecule has 0 spiro atoms. The number of benzene rings is 1. The van der Waals surface area contributed by atoms with Gasteiger partial charge in [-0.25, -0.2) is 0 Å². The molecule has 0 saturated carbocycles. The number of hydrogen-bond acceptors (Lipinski definition) is 2. The maximum atomic E-state index is 6.46. The number of aromatic nitrogens is 1. The van der Waals surface area contributed by atoms with Crippen molar-refractivity contribution >= 4 is 34.5 Å². The lowest BCUT2D eigenvalue weighted by molar-refractivity contribution is 0.522. The van der Waals surface area contributed by atoms with Gasteiger partial charge in [-0.15, -0.1) is 0 Å². The van der Waals surface area contributed by atoms with Crippen LogP contribution in [0.2, 0.25) is 10.0 Å². The quantitative estimate of drug-likeness (QED) is 0.664. The Morgan fingerprint density at radius 1 is 1.17 bits per heavy atom. The first kappa shape index (κ1) is 16.8. The normalized spacial score (nSPS) is 14.9. The summed E-state index contributed by atoms with van der Waals surface area (Å²) in [6, 6.07) is 12.0. The predicted molar refractivity (Wildman–Crippen MR) is 103 cm³/mol. The zero-order valence-corrected chi connectivity index (χ0v) is 15.2. The van der Waals surface area contributed by atoms with Gasteiger partial charge >= 0.3 is 0 Å². The average molecular weight is 357 g/mol. The minimum Gasteiger partial charge on any atom is -0.340 e. The van der Waals surface area contributed by atoms with Gasteiger partial charge in [-0.3, -0.25) is 4.98 Å². The van der Waals surface area contributed by atoms with E-state index in [1.807, 2.05) is 18.2 Å². The first-order valence-electron chi connectivity index (χ1n) is 7.79. The van der Waals surface area contributed by atoms with Crippen LogP contribution in [-0.2, 0) is 0 Å². The zero-order valence-electron chi connectivity index (χ0n) is 13.7. The fourth-order valence-corrected chi connectivity index (χ4v) is 3.36. The van der Waals surface area contributed by atoms with Crippen molar-refractivity contribution in [1.82, 2.24) is 9.88 Å². The maximum Gasteiger partial charge on any atom is 0.106 e. The Hall–Kier alpha value is -2.03. The molecule has 0 unspecified atom stereocenters. The Bertz CT molecular complexity index is 851. The molecule has 0 fully saturated rings. The van der Waals surface area contributed by atoms with Gasteiger partial charge in [0.1, 0.15) is 5.69 Å². The van der Waals surface area contributed by atoms with Crippen LogP contribution in [0.25, 0.3) is 11.3 Å². The van der Waals surface area contributed by atoms with Gasteiger partial charge < -0.3 is 4.90 Å². The van der Waals surface area contributed by atoms with Crippen molar-refractivity contribution in [2.75, 3.05) is 6.54 Å². The number of likely N-dealkylation sites (N-methyl/N-ethyl adjacent to an activating group) is 1. The summed E-state index contributed by atoms with van der Waals surface area (Å²) >= 11 is 12.5. The highest BCUT2D eigenvalue weighted by Crippen LogP contribution is 2.40. The van der Waals surface area contributed by atoms with Gasteiger partial charge in [0, 0.05) is 24.0 Å². The molecule has 0 bridgehead atoms. The third-order valence-electron chi connectivity index (χ3n) is 4.10. The van der Waals surface area contributed by atoms with Crippen molar-refractivity contribution < 1.29 is 0 Å². The van der Waals surface area contributed by atoms with E-state index in [0.29, 0.717) is 15.7 Å². The number of allylic oxidation sites excluding steroid dienone is 3. The Balaban J connectivity index is 2.32. The lowest BCUT2D eigenvalue weighted by Gasteiger charge is -2.34. The van der Waals surface area contributed by atoms with Crippen LogP contribution in [0.4, 0.5) is 0 Å². The van der Waals surface area contributed by atoms with Gasteiger partial charge in [0.2, 0.25) is 0 Å². The van der Waals surface area contributed by atoms with Gasteiger partial charge in [-0.1, -0.05) is 60.1 Å². The van der Waals surface area contributed by atoms with E-state index in [1.165, 1.54) is 0 Å². The topological polar surface area (TPSA) is 16.1 Å². The summed E-state index contributed by atoms with van der Waals surface area (Å²) in [6.07, 6.45) is 3.77. The smallest absolute Gasteiger partial charge is 0.106 e. The van der Waals surface area contributed by atoms with E-state index in [2.05, 4.69) is 48.5 Å². The summed E-state index contributed by atoms with van der Waals surface area (Å²) < 4.78 is 0. The largest absolute Gasteiger partial charge is 0.340 e. The Morgan fingerprint density at radius 2 is 1.88 bits per heavy atom. The van der Waals surface area contributed by atoms with Crippen LogP contribution in [0.5, 0.6) is 0 Å². The molecule has 122 valence electrons. The van der Waals surface area contributed by atoms with E-state index >= 15 is 0 Å². The van der Waals surface area contributed by atoms with E-state index in [1.54, 1.807) is 12.3 Å². The third kappa shape index (κ3) is 3.00. The highest BCUT2D eigenvalue weighted by atomic mass is 35.5. The Labute approximate surface area is 152 Å². The van der Waals surface area contributed by atoms with Crippen molar-refractivity contribution in [1.29, 1.82) is 0 Å². The van der Waals surface area contributed by atoms with Gasteiger partial charge in [0.15, 0.2) is 0 Å². The second-order valence-corrected chi connectivity index (χ2v) is 6.47. The minimum absolute atomic E-state index is 0.523. The van der Waals surface area contributed by atoms with Crippen LogP contribution >= 0.6 is 23.2 Å². The van der Waals surface area contributed by atoms with Crippen molar-refractivity contribution in [2.24, 2.45) is 0 Å². The molecular formula is C20H18Cl2N2.